The van der Waals surface area contributed by atoms with E-state index in [9.17, 15) is 9.18 Å². The summed E-state index contributed by atoms with van der Waals surface area (Å²) in [5.74, 6) is -0.144. The molecule has 1 saturated heterocycles. The van der Waals surface area contributed by atoms with Crippen LogP contribution >= 0.6 is 23.4 Å². The van der Waals surface area contributed by atoms with Gasteiger partial charge in [-0.3, -0.25) is 14.8 Å². The van der Waals surface area contributed by atoms with Gasteiger partial charge in [-0.2, -0.15) is 0 Å². The smallest absolute Gasteiger partial charge is 0.289 e. The molecule has 2 aromatic carbocycles. The SMILES string of the molecule is O=C1NC(=Nc2ccc(F)c(Cl)c2)C(=Cc2cccc3nccnc23)S1. The van der Waals surface area contributed by atoms with Gasteiger partial charge in [-0.1, -0.05) is 23.7 Å². The molecule has 0 radical (unpaired) electrons. The van der Waals surface area contributed by atoms with Crippen LogP contribution in [0, 0.1) is 5.82 Å². The Morgan fingerprint density at radius 1 is 1.19 bits per heavy atom. The van der Waals surface area contributed by atoms with Gasteiger partial charge in [-0.05, 0) is 42.1 Å². The Hall–Kier alpha value is -2.77. The number of para-hydroxylation sites is 1. The summed E-state index contributed by atoms with van der Waals surface area (Å²) in [7, 11) is 0. The zero-order valence-corrected chi connectivity index (χ0v) is 14.7. The Kier molecular flexibility index (Phi) is 4.40. The summed E-state index contributed by atoms with van der Waals surface area (Å²) in [4.78, 5) is 25.5. The Bertz CT molecular complexity index is 1090. The largest absolute Gasteiger partial charge is 0.300 e. The number of thioether (sulfide) groups is 1. The molecule has 0 saturated carbocycles. The predicted octanol–water partition coefficient (Wildman–Crippen LogP) is 4.95. The van der Waals surface area contributed by atoms with Crippen molar-refractivity contribution < 1.29 is 9.18 Å². The van der Waals surface area contributed by atoms with Gasteiger partial charge in [0, 0.05) is 18.0 Å². The van der Waals surface area contributed by atoms with Crippen LogP contribution in [0.2, 0.25) is 5.02 Å². The second-order valence-corrected chi connectivity index (χ2v) is 6.78. The molecule has 3 aromatic rings. The van der Waals surface area contributed by atoms with Crippen molar-refractivity contribution in [3.8, 4) is 0 Å². The molecule has 1 amide bonds. The number of rotatable bonds is 2. The maximum atomic E-state index is 13.3. The van der Waals surface area contributed by atoms with E-state index in [1.165, 1.54) is 18.2 Å². The second kappa shape index (κ2) is 6.86. The van der Waals surface area contributed by atoms with Crippen LogP contribution in [0.1, 0.15) is 5.56 Å². The zero-order valence-electron chi connectivity index (χ0n) is 13.1. The van der Waals surface area contributed by atoms with E-state index in [1.807, 2.05) is 24.3 Å². The number of hydrogen-bond donors (Lipinski definition) is 1. The lowest BCUT2D eigenvalue weighted by atomic mass is 10.1. The molecule has 2 heterocycles. The molecule has 5 nitrogen and oxygen atoms in total. The third-order valence-electron chi connectivity index (χ3n) is 3.62. The first-order chi connectivity index (χ1) is 12.6. The van der Waals surface area contributed by atoms with Gasteiger partial charge < -0.3 is 5.32 Å². The summed E-state index contributed by atoms with van der Waals surface area (Å²) in [5, 5.41) is 2.42. The van der Waals surface area contributed by atoms with Crippen molar-refractivity contribution in [2.75, 3.05) is 0 Å². The van der Waals surface area contributed by atoms with Gasteiger partial charge in [0.25, 0.3) is 5.24 Å². The molecule has 0 spiro atoms. The third-order valence-corrected chi connectivity index (χ3v) is 4.73. The van der Waals surface area contributed by atoms with Crippen LogP contribution in [0.3, 0.4) is 0 Å². The van der Waals surface area contributed by atoms with Crippen molar-refractivity contribution >= 4 is 57.2 Å². The molecule has 1 aliphatic heterocycles. The number of benzene rings is 2. The fourth-order valence-corrected chi connectivity index (χ4v) is 3.37. The minimum atomic E-state index is -0.523. The standard InChI is InChI=1S/C18H10ClFN4OS/c19-12-9-11(4-5-13(12)20)23-17-15(26-18(25)24-17)8-10-2-1-3-14-16(10)22-7-6-21-14/h1-9H,(H,23,24,25). The average Bonchev–Trinajstić information content (AvgIpc) is 2.97. The third kappa shape index (κ3) is 3.31. The summed E-state index contributed by atoms with van der Waals surface area (Å²) in [6.07, 6.45) is 5.06. The van der Waals surface area contributed by atoms with Crippen LogP contribution in [0.15, 0.2) is 58.7 Å². The number of fused-ring (bicyclic) bond motifs is 1. The molecule has 1 fully saturated rings. The van der Waals surface area contributed by atoms with Crippen LogP contribution in [-0.4, -0.2) is 21.0 Å². The van der Waals surface area contributed by atoms with E-state index in [0.717, 1.165) is 28.4 Å². The first kappa shape index (κ1) is 16.7. The van der Waals surface area contributed by atoms with Crippen molar-refractivity contribution in [2.45, 2.75) is 0 Å². The van der Waals surface area contributed by atoms with Gasteiger partial charge in [-0.25, -0.2) is 9.38 Å². The molecule has 0 aliphatic carbocycles. The topological polar surface area (TPSA) is 67.2 Å². The Labute approximate surface area is 157 Å². The average molecular weight is 385 g/mol. The number of halogens is 2. The normalized spacial score (nSPS) is 17.2. The lowest BCUT2D eigenvalue weighted by Gasteiger charge is -2.03. The Morgan fingerprint density at radius 3 is 2.88 bits per heavy atom. The number of aliphatic imine (C=N–C) groups is 1. The van der Waals surface area contributed by atoms with Crippen molar-refractivity contribution in [2.24, 2.45) is 4.99 Å². The van der Waals surface area contributed by atoms with E-state index in [4.69, 9.17) is 11.6 Å². The van der Waals surface area contributed by atoms with Gasteiger partial charge >= 0.3 is 0 Å². The number of nitrogens with zero attached hydrogens (tertiary/aromatic N) is 3. The number of carbonyl (C=O) groups excluding carboxylic acids is 1. The van der Waals surface area contributed by atoms with E-state index in [2.05, 4.69) is 20.3 Å². The highest BCUT2D eigenvalue weighted by Crippen LogP contribution is 2.30. The van der Waals surface area contributed by atoms with Crippen molar-refractivity contribution in [1.82, 2.24) is 15.3 Å². The summed E-state index contributed by atoms with van der Waals surface area (Å²) in [5.41, 5.74) is 2.75. The lowest BCUT2D eigenvalue weighted by Crippen LogP contribution is -2.18. The number of hydrogen-bond acceptors (Lipinski definition) is 5. The molecule has 0 unspecified atom stereocenters. The molecule has 4 rings (SSSR count). The van der Waals surface area contributed by atoms with Gasteiger partial charge in [-0.15, -0.1) is 0 Å². The molecular weight excluding hydrogens is 375 g/mol. The van der Waals surface area contributed by atoms with E-state index in [1.54, 1.807) is 12.4 Å². The molecule has 1 aromatic heterocycles. The zero-order chi connectivity index (χ0) is 18.1. The van der Waals surface area contributed by atoms with Crippen LogP contribution in [-0.2, 0) is 0 Å². The fourth-order valence-electron chi connectivity index (χ4n) is 2.47. The summed E-state index contributed by atoms with van der Waals surface area (Å²) in [6.45, 7) is 0. The first-order valence-electron chi connectivity index (χ1n) is 7.54. The van der Waals surface area contributed by atoms with Crippen molar-refractivity contribution in [1.29, 1.82) is 0 Å². The fraction of sp³-hybridized carbons (Fsp3) is 0. The summed E-state index contributed by atoms with van der Waals surface area (Å²) < 4.78 is 13.3. The van der Waals surface area contributed by atoms with Gasteiger partial charge in [0.15, 0.2) is 0 Å². The number of aromatic nitrogens is 2. The number of amidine groups is 1. The molecule has 26 heavy (non-hydrogen) atoms. The Morgan fingerprint density at radius 2 is 2.04 bits per heavy atom. The highest BCUT2D eigenvalue weighted by atomic mass is 35.5. The highest BCUT2D eigenvalue weighted by Gasteiger charge is 2.24. The van der Waals surface area contributed by atoms with Crippen LogP contribution < -0.4 is 5.32 Å². The maximum absolute atomic E-state index is 13.3. The molecule has 1 N–H and O–H groups in total. The minimum Gasteiger partial charge on any atom is -0.300 e. The molecule has 1 aliphatic rings. The highest BCUT2D eigenvalue weighted by molar-refractivity contribution is 8.18. The van der Waals surface area contributed by atoms with Crippen LogP contribution in [0.5, 0.6) is 0 Å². The first-order valence-corrected chi connectivity index (χ1v) is 8.74. The predicted molar refractivity (Wildman–Crippen MR) is 102 cm³/mol. The molecular formula is C18H10ClFN4OS. The second-order valence-electron chi connectivity index (χ2n) is 5.35. The van der Waals surface area contributed by atoms with Gasteiger partial charge in [0.1, 0.15) is 11.7 Å². The molecule has 0 atom stereocenters. The number of amides is 1. The van der Waals surface area contributed by atoms with Gasteiger partial charge in [0.05, 0.1) is 26.6 Å². The lowest BCUT2D eigenvalue weighted by molar-refractivity contribution is 0.265. The summed E-state index contributed by atoms with van der Waals surface area (Å²) in [6, 6.07) is 9.75. The van der Waals surface area contributed by atoms with E-state index in [-0.39, 0.29) is 10.3 Å². The number of nitrogens with one attached hydrogen (secondary N) is 1. The Balaban J connectivity index is 1.78. The minimum absolute atomic E-state index is 0.0290. The molecule has 0 bridgehead atoms. The molecule has 8 heteroatoms. The number of carbonyl (C=O) groups is 1. The molecule has 128 valence electrons. The monoisotopic (exact) mass is 384 g/mol. The van der Waals surface area contributed by atoms with E-state index < -0.39 is 5.82 Å². The summed E-state index contributed by atoms with van der Waals surface area (Å²) >= 11 is 6.82. The maximum Gasteiger partial charge on any atom is 0.289 e. The van der Waals surface area contributed by atoms with Crippen molar-refractivity contribution in [3.05, 3.63) is 70.1 Å². The van der Waals surface area contributed by atoms with Crippen molar-refractivity contribution in [3.63, 3.8) is 0 Å². The van der Waals surface area contributed by atoms with Crippen LogP contribution in [0.25, 0.3) is 17.1 Å². The van der Waals surface area contributed by atoms with E-state index in [0.29, 0.717) is 16.4 Å². The quantitative estimate of drug-likeness (QED) is 0.678. The van der Waals surface area contributed by atoms with Crippen LogP contribution in [0.4, 0.5) is 14.9 Å². The van der Waals surface area contributed by atoms with E-state index >= 15 is 0 Å². The van der Waals surface area contributed by atoms with Gasteiger partial charge in [0.2, 0.25) is 0 Å².